The van der Waals surface area contributed by atoms with Gasteiger partial charge < -0.3 is 24.3 Å². The monoisotopic (exact) mass is 421 g/mol. The van der Waals surface area contributed by atoms with Gasteiger partial charge in [0.15, 0.2) is 30.5 Å². The maximum atomic E-state index is 12.3. The van der Waals surface area contributed by atoms with Crippen molar-refractivity contribution in [3.05, 3.63) is 78.4 Å². The van der Waals surface area contributed by atoms with Crippen molar-refractivity contribution >= 4 is 23.1 Å². The molecule has 0 aliphatic carbocycles. The Morgan fingerprint density at radius 3 is 2.13 bits per heavy atom. The molecule has 7 nitrogen and oxygen atoms in total. The normalized spacial score (nSPS) is 10.1. The summed E-state index contributed by atoms with van der Waals surface area (Å²) >= 11 is 0. The number of rotatable bonds is 10. The van der Waals surface area contributed by atoms with E-state index in [0.29, 0.717) is 22.8 Å². The first-order valence-corrected chi connectivity index (χ1v) is 9.55. The number of carbonyl (C=O) groups is 2. The number of nitrogens with one attached hydrogen (secondary N) is 1. The summed E-state index contributed by atoms with van der Waals surface area (Å²) < 4.78 is 20.8. The maximum absolute atomic E-state index is 12.3. The molecule has 160 valence electrons. The van der Waals surface area contributed by atoms with E-state index in [-0.39, 0.29) is 12.4 Å². The first kappa shape index (κ1) is 21.7. The van der Waals surface area contributed by atoms with Crippen LogP contribution in [0.4, 0.5) is 11.4 Å². The van der Waals surface area contributed by atoms with E-state index in [0.717, 1.165) is 11.4 Å². The molecular formula is C24H23NO6. The van der Waals surface area contributed by atoms with Gasteiger partial charge >= 0.3 is 5.97 Å². The highest BCUT2D eigenvalue weighted by atomic mass is 16.6. The van der Waals surface area contributed by atoms with Crippen LogP contribution in [-0.4, -0.2) is 39.2 Å². The number of anilines is 2. The summed E-state index contributed by atoms with van der Waals surface area (Å²) in [7, 11) is 2.99. The van der Waals surface area contributed by atoms with Crippen LogP contribution in [0.2, 0.25) is 0 Å². The molecule has 0 heterocycles. The van der Waals surface area contributed by atoms with Gasteiger partial charge in [-0.2, -0.15) is 0 Å². The molecule has 0 amide bonds. The van der Waals surface area contributed by atoms with Gasteiger partial charge in [0, 0.05) is 16.9 Å². The third-order valence-corrected chi connectivity index (χ3v) is 4.34. The Morgan fingerprint density at radius 2 is 1.45 bits per heavy atom. The van der Waals surface area contributed by atoms with E-state index in [2.05, 4.69) is 5.32 Å². The van der Waals surface area contributed by atoms with Crippen LogP contribution in [0.5, 0.6) is 17.2 Å². The van der Waals surface area contributed by atoms with Gasteiger partial charge in [-0.3, -0.25) is 4.79 Å². The van der Waals surface area contributed by atoms with Crippen LogP contribution in [0, 0.1) is 0 Å². The third kappa shape index (κ3) is 6.24. The molecule has 3 aromatic carbocycles. The topological polar surface area (TPSA) is 83.1 Å². The van der Waals surface area contributed by atoms with Crippen molar-refractivity contribution in [2.45, 2.75) is 0 Å². The van der Waals surface area contributed by atoms with E-state index in [4.69, 9.17) is 18.9 Å². The molecule has 0 atom stereocenters. The first-order valence-electron chi connectivity index (χ1n) is 9.55. The summed E-state index contributed by atoms with van der Waals surface area (Å²) in [5, 5.41) is 3.26. The van der Waals surface area contributed by atoms with Gasteiger partial charge in [0.1, 0.15) is 5.75 Å². The fraction of sp³-hybridized carbons (Fsp3) is 0.167. The summed E-state index contributed by atoms with van der Waals surface area (Å²) in [5.74, 6) is 0.454. The van der Waals surface area contributed by atoms with Crippen molar-refractivity contribution in [2.24, 2.45) is 0 Å². The van der Waals surface area contributed by atoms with Crippen molar-refractivity contribution in [3.8, 4) is 17.2 Å². The first-order chi connectivity index (χ1) is 15.1. The Bertz CT molecular complexity index is 1020. The Kier molecular flexibility index (Phi) is 7.48. The van der Waals surface area contributed by atoms with Crippen LogP contribution in [-0.2, 0) is 9.53 Å². The second-order valence-electron chi connectivity index (χ2n) is 6.46. The summed E-state index contributed by atoms with van der Waals surface area (Å²) in [6.07, 6.45) is 0. The molecule has 3 aromatic rings. The number of methoxy groups -OCH3 is 2. The quantitative estimate of drug-likeness (QED) is 0.387. The molecular weight excluding hydrogens is 398 g/mol. The second kappa shape index (κ2) is 10.7. The zero-order valence-electron chi connectivity index (χ0n) is 17.3. The number of esters is 1. The van der Waals surface area contributed by atoms with Crippen LogP contribution in [0.1, 0.15) is 10.4 Å². The van der Waals surface area contributed by atoms with Gasteiger partial charge in [-0.15, -0.1) is 0 Å². The molecule has 0 fully saturated rings. The lowest BCUT2D eigenvalue weighted by Gasteiger charge is -2.10. The van der Waals surface area contributed by atoms with Crippen LogP contribution in [0.15, 0.2) is 72.8 Å². The van der Waals surface area contributed by atoms with E-state index < -0.39 is 12.6 Å². The molecule has 0 saturated carbocycles. The Hall–Kier alpha value is -4.00. The van der Waals surface area contributed by atoms with E-state index >= 15 is 0 Å². The number of hydrogen-bond donors (Lipinski definition) is 1. The van der Waals surface area contributed by atoms with Gasteiger partial charge in [-0.05, 0) is 54.6 Å². The molecule has 1 N–H and O–H groups in total. The summed E-state index contributed by atoms with van der Waals surface area (Å²) in [6, 6.07) is 21.7. The van der Waals surface area contributed by atoms with Crippen molar-refractivity contribution in [1.82, 2.24) is 0 Å². The Morgan fingerprint density at radius 1 is 0.774 bits per heavy atom. The summed E-state index contributed by atoms with van der Waals surface area (Å²) in [5.41, 5.74) is 2.22. The van der Waals surface area contributed by atoms with Crippen molar-refractivity contribution < 1.29 is 28.5 Å². The highest BCUT2D eigenvalue weighted by Crippen LogP contribution is 2.27. The number of ketones is 1. The highest BCUT2D eigenvalue weighted by molar-refractivity contribution is 5.98. The molecule has 0 aliphatic rings. The predicted octanol–water partition coefficient (Wildman–Crippen LogP) is 4.25. The van der Waals surface area contributed by atoms with E-state index in [9.17, 15) is 9.59 Å². The van der Waals surface area contributed by atoms with E-state index in [1.54, 1.807) is 24.3 Å². The Balaban J connectivity index is 1.45. The minimum atomic E-state index is -0.639. The lowest BCUT2D eigenvalue weighted by molar-refractivity contribution is -0.144. The van der Waals surface area contributed by atoms with Crippen LogP contribution in [0.3, 0.4) is 0 Å². The molecule has 31 heavy (non-hydrogen) atoms. The van der Waals surface area contributed by atoms with E-state index in [1.807, 2.05) is 42.5 Å². The molecule has 0 aliphatic heterocycles. The predicted molar refractivity (Wildman–Crippen MR) is 116 cm³/mol. The van der Waals surface area contributed by atoms with Crippen LogP contribution >= 0.6 is 0 Å². The molecule has 7 heteroatoms. The number of para-hydroxylation sites is 1. The number of ether oxygens (including phenoxy) is 4. The standard InChI is InChI=1S/C24H23NO6/c1-28-22-13-8-17(14-23(22)29-2)21(26)15-31-24(27)16-30-20-11-9-19(10-12-20)25-18-6-4-3-5-7-18/h3-14,25H,15-16H2,1-2H3. The molecule has 0 spiro atoms. The summed E-state index contributed by atoms with van der Waals surface area (Å²) in [6.45, 7) is -0.692. The minimum Gasteiger partial charge on any atom is -0.493 e. The maximum Gasteiger partial charge on any atom is 0.344 e. The fourth-order valence-corrected chi connectivity index (χ4v) is 2.75. The van der Waals surface area contributed by atoms with Gasteiger partial charge in [0.25, 0.3) is 0 Å². The van der Waals surface area contributed by atoms with Crippen LogP contribution < -0.4 is 19.5 Å². The number of carbonyl (C=O) groups excluding carboxylic acids is 2. The molecule has 0 bridgehead atoms. The largest absolute Gasteiger partial charge is 0.493 e. The van der Waals surface area contributed by atoms with Gasteiger partial charge in [0.05, 0.1) is 14.2 Å². The Labute approximate surface area is 180 Å². The molecule has 0 radical (unpaired) electrons. The average Bonchev–Trinajstić information content (AvgIpc) is 2.82. The van der Waals surface area contributed by atoms with Crippen molar-refractivity contribution in [2.75, 3.05) is 32.8 Å². The molecule has 3 rings (SSSR count). The zero-order chi connectivity index (χ0) is 22.1. The minimum absolute atomic E-state index is 0.301. The smallest absolute Gasteiger partial charge is 0.344 e. The molecule has 0 aromatic heterocycles. The molecule has 0 unspecified atom stereocenters. The molecule has 0 saturated heterocycles. The number of Topliss-reactive ketones (excluding diaryl/α,β-unsaturated/α-hetero) is 1. The van der Waals surface area contributed by atoms with Gasteiger partial charge in [0.2, 0.25) is 0 Å². The number of benzene rings is 3. The zero-order valence-corrected chi connectivity index (χ0v) is 17.3. The highest BCUT2D eigenvalue weighted by Gasteiger charge is 2.13. The van der Waals surface area contributed by atoms with Crippen LogP contribution in [0.25, 0.3) is 0 Å². The van der Waals surface area contributed by atoms with E-state index in [1.165, 1.54) is 20.3 Å². The lowest BCUT2D eigenvalue weighted by Crippen LogP contribution is -2.19. The lowest BCUT2D eigenvalue weighted by atomic mass is 10.1. The third-order valence-electron chi connectivity index (χ3n) is 4.34. The van der Waals surface area contributed by atoms with Crippen molar-refractivity contribution in [3.63, 3.8) is 0 Å². The van der Waals surface area contributed by atoms with Gasteiger partial charge in [-0.25, -0.2) is 4.79 Å². The fourth-order valence-electron chi connectivity index (χ4n) is 2.75. The second-order valence-corrected chi connectivity index (χ2v) is 6.46. The number of hydrogen-bond acceptors (Lipinski definition) is 7. The van der Waals surface area contributed by atoms with Gasteiger partial charge in [-0.1, -0.05) is 18.2 Å². The average molecular weight is 421 g/mol. The SMILES string of the molecule is COc1ccc(C(=O)COC(=O)COc2ccc(Nc3ccccc3)cc2)cc1OC. The van der Waals surface area contributed by atoms with Crippen molar-refractivity contribution in [1.29, 1.82) is 0 Å². The summed E-state index contributed by atoms with van der Waals surface area (Å²) in [4.78, 5) is 24.2.